The quantitative estimate of drug-likeness (QED) is 0.294. The molecule has 8 heteroatoms. The van der Waals surface area contributed by atoms with E-state index >= 15 is 0 Å². The summed E-state index contributed by atoms with van der Waals surface area (Å²) in [7, 11) is 3.73. The molecule has 0 saturated carbocycles. The van der Waals surface area contributed by atoms with Crippen molar-refractivity contribution < 1.29 is 9.47 Å². The number of aromatic nitrogens is 2. The van der Waals surface area contributed by atoms with E-state index in [0.717, 1.165) is 41.7 Å². The van der Waals surface area contributed by atoms with Gasteiger partial charge in [-0.2, -0.15) is 5.10 Å². The normalized spacial score (nSPS) is 16.4. The molecule has 2 heterocycles. The lowest BCUT2D eigenvalue weighted by molar-refractivity contribution is -0.00805. The molecule has 0 amide bonds. The molecule has 2 aromatic carbocycles. The molecule has 1 aliphatic rings. The van der Waals surface area contributed by atoms with Crippen molar-refractivity contribution in [1.82, 2.24) is 20.0 Å². The molecule has 3 aromatic rings. The summed E-state index contributed by atoms with van der Waals surface area (Å²) in [5.41, 5.74) is 3.32. The predicted molar refractivity (Wildman–Crippen MR) is 137 cm³/mol. The van der Waals surface area contributed by atoms with E-state index in [2.05, 4.69) is 39.4 Å². The van der Waals surface area contributed by atoms with Crippen LogP contribution in [0.15, 0.2) is 65.9 Å². The van der Waals surface area contributed by atoms with Crippen molar-refractivity contribution >= 4 is 29.9 Å². The van der Waals surface area contributed by atoms with Gasteiger partial charge >= 0.3 is 0 Å². The Morgan fingerprint density at radius 1 is 1.25 bits per heavy atom. The molecule has 1 aliphatic heterocycles. The zero-order chi connectivity index (χ0) is 21.6. The largest absolute Gasteiger partial charge is 0.457 e. The van der Waals surface area contributed by atoms with Gasteiger partial charge in [0.25, 0.3) is 0 Å². The minimum absolute atomic E-state index is 0. The minimum Gasteiger partial charge on any atom is -0.457 e. The maximum Gasteiger partial charge on any atom is 0.194 e. The number of halogens is 1. The van der Waals surface area contributed by atoms with Crippen molar-refractivity contribution in [2.24, 2.45) is 12.0 Å². The number of nitrogens with zero attached hydrogens (tertiary/aromatic N) is 4. The molecule has 0 aliphatic carbocycles. The van der Waals surface area contributed by atoms with Gasteiger partial charge in [-0.25, -0.2) is 0 Å². The molecule has 4 rings (SSSR count). The van der Waals surface area contributed by atoms with Crippen LogP contribution in [0.25, 0.3) is 0 Å². The molecule has 32 heavy (non-hydrogen) atoms. The van der Waals surface area contributed by atoms with Gasteiger partial charge in [-0.05, 0) is 30.7 Å². The van der Waals surface area contributed by atoms with Gasteiger partial charge in [-0.15, -0.1) is 24.0 Å². The van der Waals surface area contributed by atoms with Gasteiger partial charge in [0.2, 0.25) is 0 Å². The average molecular weight is 547 g/mol. The number of rotatable bonds is 5. The number of guanidine groups is 1. The first-order valence-corrected chi connectivity index (χ1v) is 10.5. The summed E-state index contributed by atoms with van der Waals surface area (Å²) in [6.45, 7) is 4.84. The van der Waals surface area contributed by atoms with Gasteiger partial charge in [0, 0.05) is 44.5 Å². The van der Waals surface area contributed by atoms with E-state index in [9.17, 15) is 0 Å². The number of aryl methyl sites for hydroxylation is 2. The van der Waals surface area contributed by atoms with E-state index in [1.165, 1.54) is 5.56 Å². The van der Waals surface area contributed by atoms with E-state index in [-0.39, 0.29) is 30.1 Å². The Bertz CT molecular complexity index is 1050. The molecule has 1 atom stereocenters. The standard InChI is InChI=1S/C24H29N5O2.HI/c1-18-7-6-9-21(13-18)31-22-10-5-4-8-19(22)14-26-24(25-2)29-11-12-30-23(17-29)20-15-27-28(3)16-20;/h4-10,13,15-16,23H,11-12,14,17H2,1-3H3,(H,25,26);1H. The van der Waals surface area contributed by atoms with E-state index in [4.69, 9.17) is 9.47 Å². The van der Waals surface area contributed by atoms with Crippen molar-refractivity contribution in [1.29, 1.82) is 0 Å². The van der Waals surface area contributed by atoms with Gasteiger partial charge in [0.1, 0.15) is 17.6 Å². The van der Waals surface area contributed by atoms with Crippen molar-refractivity contribution in [2.75, 3.05) is 26.7 Å². The van der Waals surface area contributed by atoms with Crippen LogP contribution in [0.5, 0.6) is 11.5 Å². The first kappa shape index (κ1) is 24.1. The van der Waals surface area contributed by atoms with E-state index in [0.29, 0.717) is 13.2 Å². The molecular weight excluding hydrogens is 517 g/mol. The van der Waals surface area contributed by atoms with Crippen LogP contribution >= 0.6 is 24.0 Å². The molecule has 0 radical (unpaired) electrons. The van der Waals surface area contributed by atoms with Crippen molar-refractivity contribution in [2.45, 2.75) is 19.6 Å². The number of ether oxygens (including phenoxy) is 2. The lowest BCUT2D eigenvalue weighted by Crippen LogP contribution is -2.47. The van der Waals surface area contributed by atoms with Crippen molar-refractivity contribution in [3.8, 4) is 11.5 Å². The molecule has 1 unspecified atom stereocenters. The lowest BCUT2D eigenvalue weighted by Gasteiger charge is -2.34. The van der Waals surface area contributed by atoms with Crippen LogP contribution in [-0.2, 0) is 18.3 Å². The molecule has 1 saturated heterocycles. The second kappa shape index (κ2) is 11.3. The van der Waals surface area contributed by atoms with Crippen molar-refractivity contribution in [3.63, 3.8) is 0 Å². The van der Waals surface area contributed by atoms with Crippen LogP contribution in [-0.4, -0.2) is 47.4 Å². The molecule has 1 N–H and O–H groups in total. The van der Waals surface area contributed by atoms with Crippen LogP contribution in [0, 0.1) is 6.92 Å². The van der Waals surface area contributed by atoms with Gasteiger partial charge in [-0.1, -0.05) is 30.3 Å². The summed E-state index contributed by atoms with van der Waals surface area (Å²) < 4.78 is 13.9. The fourth-order valence-electron chi connectivity index (χ4n) is 3.71. The van der Waals surface area contributed by atoms with Crippen LogP contribution in [0.1, 0.15) is 22.8 Å². The highest BCUT2D eigenvalue weighted by Crippen LogP contribution is 2.26. The SMILES string of the molecule is CN=C(NCc1ccccc1Oc1cccc(C)c1)N1CCOC(c2cnn(C)c2)C1.I. The van der Waals surface area contributed by atoms with Gasteiger partial charge < -0.3 is 19.7 Å². The number of aliphatic imine (C=N–C) groups is 1. The molecule has 7 nitrogen and oxygen atoms in total. The Labute approximate surface area is 206 Å². The lowest BCUT2D eigenvalue weighted by atomic mass is 10.1. The number of morpholine rings is 1. The van der Waals surface area contributed by atoms with Crippen LogP contribution in [0.4, 0.5) is 0 Å². The Balaban J connectivity index is 0.00000289. The molecule has 0 spiro atoms. The first-order valence-electron chi connectivity index (χ1n) is 10.5. The number of hydrogen-bond donors (Lipinski definition) is 1. The summed E-state index contributed by atoms with van der Waals surface area (Å²) in [5.74, 6) is 2.53. The monoisotopic (exact) mass is 547 g/mol. The number of benzene rings is 2. The Hall–Kier alpha value is -2.59. The molecular formula is C24H30IN5O2. The van der Waals surface area contributed by atoms with Crippen LogP contribution < -0.4 is 10.1 Å². The van der Waals surface area contributed by atoms with Crippen molar-refractivity contribution in [3.05, 3.63) is 77.6 Å². The first-order chi connectivity index (χ1) is 15.1. The molecule has 1 aromatic heterocycles. The number of para-hydroxylation sites is 1. The smallest absolute Gasteiger partial charge is 0.194 e. The highest BCUT2D eigenvalue weighted by molar-refractivity contribution is 14.0. The van der Waals surface area contributed by atoms with Gasteiger partial charge in [-0.3, -0.25) is 9.67 Å². The number of hydrogen-bond acceptors (Lipinski definition) is 4. The molecule has 1 fully saturated rings. The minimum atomic E-state index is -0.0158. The van der Waals surface area contributed by atoms with Gasteiger partial charge in [0.15, 0.2) is 5.96 Å². The van der Waals surface area contributed by atoms with Crippen LogP contribution in [0.3, 0.4) is 0 Å². The Morgan fingerprint density at radius 3 is 2.84 bits per heavy atom. The summed E-state index contributed by atoms with van der Waals surface area (Å²) in [4.78, 5) is 6.73. The second-order valence-corrected chi connectivity index (χ2v) is 7.68. The fraction of sp³-hybridized carbons (Fsp3) is 0.333. The van der Waals surface area contributed by atoms with E-state index in [1.54, 1.807) is 4.68 Å². The molecule has 170 valence electrons. The third kappa shape index (κ3) is 6.01. The van der Waals surface area contributed by atoms with Gasteiger partial charge in [0.05, 0.1) is 19.3 Å². The summed E-state index contributed by atoms with van der Waals surface area (Å²) in [6.07, 6.45) is 3.85. The third-order valence-electron chi connectivity index (χ3n) is 5.30. The summed E-state index contributed by atoms with van der Waals surface area (Å²) in [6, 6.07) is 16.2. The van der Waals surface area contributed by atoms with E-state index < -0.39 is 0 Å². The second-order valence-electron chi connectivity index (χ2n) is 7.68. The van der Waals surface area contributed by atoms with Crippen LogP contribution in [0.2, 0.25) is 0 Å². The maximum absolute atomic E-state index is 6.16. The Kier molecular flexibility index (Phi) is 8.52. The Morgan fingerprint density at radius 2 is 2.09 bits per heavy atom. The topological polar surface area (TPSA) is 63.9 Å². The summed E-state index contributed by atoms with van der Waals surface area (Å²) in [5, 5.41) is 7.76. The highest BCUT2D eigenvalue weighted by atomic mass is 127. The fourth-order valence-corrected chi connectivity index (χ4v) is 3.71. The van der Waals surface area contributed by atoms with E-state index in [1.807, 2.05) is 62.9 Å². The number of nitrogens with one attached hydrogen (secondary N) is 1. The highest BCUT2D eigenvalue weighted by Gasteiger charge is 2.25. The maximum atomic E-state index is 6.16. The zero-order valence-electron chi connectivity index (χ0n) is 18.7. The average Bonchev–Trinajstić information content (AvgIpc) is 3.22. The zero-order valence-corrected chi connectivity index (χ0v) is 21.0. The molecule has 0 bridgehead atoms. The summed E-state index contributed by atoms with van der Waals surface area (Å²) >= 11 is 0. The predicted octanol–water partition coefficient (Wildman–Crippen LogP) is 4.29. The third-order valence-corrected chi connectivity index (χ3v) is 5.30.